The SMILES string of the molecule is c1ccc(-n2c3ccccc3c3cc(-c4ccc(C5c6c(c7ccccc7c7ccccc67)Oc6c5c5ccccc5c5ccccc65)cc4)ccc32)cc1. The van der Waals surface area contributed by atoms with E-state index in [4.69, 9.17) is 4.74 Å². The van der Waals surface area contributed by atoms with Crippen molar-refractivity contribution in [3.05, 3.63) is 211 Å². The van der Waals surface area contributed by atoms with E-state index in [-0.39, 0.29) is 5.92 Å². The lowest BCUT2D eigenvalue weighted by atomic mass is 9.76. The van der Waals surface area contributed by atoms with Gasteiger partial charge in [-0.25, -0.2) is 0 Å². The quantitative estimate of drug-likeness (QED) is 0.167. The van der Waals surface area contributed by atoms with Crippen molar-refractivity contribution in [2.75, 3.05) is 0 Å². The Kier molecular flexibility index (Phi) is 6.43. The molecule has 0 N–H and O–H groups in total. The summed E-state index contributed by atoms with van der Waals surface area (Å²) >= 11 is 0. The van der Waals surface area contributed by atoms with Crippen molar-refractivity contribution in [1.82, 2.24) is 4.57 Å². The van der Waals surface area contributed by atoms with Crippen LogP contribution in [0.2, 0.25) is 0 Å². The van der Waals surface area contributed by atoms with Gasteiger partial charge >= 0.3 is 0 Å². The minimum Gasteiger partial charge on any atom is -0.455 e. The van der Waals surface area contributed by atoms with Crippen LogP contribution >= 0.6 is 0 Å². The molecule has 0 saturated heterocycles. The largest absolute Gasteiger partial charge is 0.455 e. The van der Waals surface area contributed by atoms with E-state index in [2.05, 4.69) is 199 Å². The maximum Gasteiger partial charge on any atom is 0.140 e. The number of ether oxygens (including phenoxy) is 1. The fourth-order valence-corrected chi connectivity index (χ4v) is 9.52. The molecule has 0 aliphatic carbocycles. The van der Waals surface area contributed by atoms with Crippen LogP contribution in [0.1, 0.15) is 22.6 Å². The average Bonchev–Trinajstić information content (AvgIpc) is 3.60. The van der Waals surface area contributed by atoms with E-state index in [1.54, 1.807) is 0 Å². The molecule has 0 unspecified atom stereocenters. The molecular formula is C53H33NO. The van der Waals surface area contributed by atoms with E-state index >= 15 is 0 Å². The molecule has 2 heteroatoms. The van der Waals surface area contributed by atoms with Gasteiger partial charge < -0.3 is 9.30 Å². The first kappa shape index (κ1) is 30.3. The molecule has 0 spiro atoms. The summed E-state index contributed by atoms with van der Waals surface area (Å²) in [6.45, 7) is 0. The van der Waals surface area contributed by atoms with Crippen LogP contribution in [0.4, 0.5) is 0 Å². The summed E-state index contributed by atoms with van der Waals surface area (Å²) in [4.78, 5) is 0. The monoisotopic (exact) mass is 699 g/mol. The molecule has 0 atom stereocenters. The van der Waals surface area contributed by atoms with Gasteiger partial charge in [-0.1, -0.05) is 164 Å². The second-order valence-corrected chi connectivity index (χ2v) is 14.7. The van der Waals surface area contributed by atoms with Crippen molar-refractivity contribution in [2.24, 2.45) is 0 Å². The van der Waals surface area contributed by atoms with Gasteiger partial charge in [-0.15, -0.1) is 0 Å². The molecule has 0 saturated carbocycles. The second-order valence-electron chi connectivity index (χ2n) is 14.7. The van der Waals surface area contributed by atoms with E-state index in [0.29, 0.717) is 0 Å². The highest BCUT2D eigenvalue weighted by Crippen LogP contribution is 2.57. The molecule has 2 nitrogen and oxygen atoms in total. The molecule has 55 heavy (non-hydrogen) atoms. The van der Waals surface area contributed by atoms with Crippen LogP contribution < -0.4 is 4.74 Å². The van der Waals surface area contributed by atoms with Crippen LogP contribution in [0.25, 0.3) is 81.7 Å². The number of para-hydroxylation sites is 2. The number of benzene rings is 10. The lowest BCUT2D eigenvalue weighted by Crippen LogP contribution is -2.14. The Balaban J connectivity index is 1.10. The van der Waals surface area contributed by atoms with Crippen LogP contribution in [0.3, 0.4) is 0 Å². The van der Waals surface area contributed by atoms with Crippen molar-refractivity contribution in [3.8, 4) is 28.3 Å². The number of nitrogens with zero attached hydrogens (tertiary/aromatic N) is 1. The number of fused-ring (bicyclic) bond motifs is 15. The molecule has 256 valence electrons. The van der Waals surface area contributed by atoms with Gasteiger partial charge in [0.15, 0.2) is 0 Å². The molecular weight excluding hydrogens is 667 g/mol. The Morgan fingerprint density at radius 1 is 0.327 bits per heavy atom. The summed E-state index contributed by atoms with van der Waals surface area (Å²) in [6, 6.07) is 70.8. The van der Waals surface area contributed by atoms with Crippen LogP contribution in [0, 0.1) is 0 Å². The third kappa shape index (κ3) is 4.37. The van der Waals surface area contributed by atoms with Gasteiger partial charge in [0.1, 0.15) is 11.5 Å². The molecule has 1 aliphatic heterocycles. The van der Waals surface area contributed by atoms with Gasteiger partial charge in [-0.3, -0.25) is 0 Å². The third-order valence-electron chi connectivity index (χ3n) is 11.9. The number of hydrogen-bond donors (Lipinski definition) is 0. The topological polar surface area (TPSA) is 14.2 Å². The Labute approximate surface area is 318 Å². The van der Waals surface area contributed by atoms with Gasteiger partial charge in [-0.05, 0) is 79.3 Å². The Bertz CT molecular complexity index is 3210. The summed E-state index contributed by atoms with van der Waals surface area (Å²) in [5.41, 5.74) is 9.70. The van der Waals surface area contributed by atoms with Crippen molar-refractivity contribution in [3.63, 3.8) is 0 Å². The van der Waals surface area contributed by atoms with E-state index in [9.17, 15) is 0 Å². The summed E-state index contributed by atoms with van der Waals surface area (Å²) in [7, 11) is 0. The fourth-order valence-electron chi connectivity index (χ4n) is 9.52. The predicted molar refractivity (Wildman–Crippen MR) is 230 cm³/mol. The Hall–Kier alpha value is -7.16. The smallest absolute Gasteiger partial charge is 0.140 e. The fraction of sp³-hybridized carbons (Fsp3) is 0.0189. The van der Waals surface area contributed by atoms with E-state index in [0.717, 1.165) is 22.3 Å². The van der Waals surface area contributed by atoms with E-state index < -0.39 is 0 Å². The predicted octanol–water partition coefficient (Wildman–Crippen LogP) is 14.3. The zero-order valence-electron chi connectivity index (χ0n) is 29.9. The standard InChI is InChI=1S/C53H33NO/c1-2-14-36(15-3-1)54-47-25-13-12-20-41(47)46-32-35(30-31-48(46)54)33-26-28-34(29-27-33)49-50-42-21-8-4-16-37(42)39-18-6-10-23-44(39)52(50)55-53-45-24-11-7-19-40(45)38-17-5-9-22-43(38)51(49)53/h1-32,49H. The molecule has 0 fully saturated rings. The van der Waals surface area contributed by atoms with Crippen LogP contribution in [0.15, 0.2) is 194 Å². The van der Waals surface area contributed by atoms with Gasteiger partial charge in [0, 0.05) is 44.3 Å². The third-order valence-corrected chi connectivity index (χ3v) is 11.9. The highest BCUT2D eigenvalue weighted by atomic mass is 16.5. The molecule has 11 aromatic rings. The molecule has 12 rings (SSSR count). The first-order valence-corrected chi connectivity index (χ1v) is 19.1. The van der Waals surface area contributed by atoms with Gasteiger partial charge in [-0.2, -0.15) is 0 Å². The Morgan fingerprint density at radius 2 is 0.764 bits per heavy atom. The summed E-state index contributed by atoms with van der Waals surface area (Å²) in [6.07, 6.45) is 0. The number of hydrogen-bond acceptors (Lipinski definition) is 1. The first-order valence-electron chi connectivity index (χ1n) is 19.1. The van der Waals surface area contributed by atoms with Crippen LogP contribution in [-0.2, 0) is 0 Å². The molecule has 2 heterocycles. The highest BCUT2D eigenvalue weighted by Gasteiger charge is 2.35. The maximum absolute atomic E-state index is 7.27. The normalized spacial score (nSPS) is 12.8. The zero-order chi connectivity index (χ0) is 36.0. The minimum absolute atomic E-state index is 0.0526. The molecule has 0 bridgehead atoms. The number of aromatic nitrogens is 1. The Morgan fingerprint density at radius 3 is 1.35 bits per heavy atom. The van der Waals surface area contributed by atoms with E-state index in [1.807, 2.05) is 0 Å². The molecule has 1 aromatic heterocycles. The lowest BCUT2D eigenvalue weighted by Gasteiger charge is -2.33. The van der Waals surface area contributed by atoms with E-state index in [1.165, 1.54) is 87.6 Å². The van der Waals surface area contributed by atoms with Gasteiger partial charge in [0.2, 0.25) is 0 Å². The first-order chi connectivity index (χ1) is 27.3. The molecule has 1 aliphatic rings. The van der Waals surface area contributed by atoms with Crippen molar-refractivity contribution < 1.29 is 4.74 Å². The zero-order valence-corrected chi connectivity index (χ0v) is 29.9. The van der Waals surface area contributed by atoms with Crippen molar-refractivity contribution in [2.45, 2.75) is 5.92 Å². The van der Waals surface area contributed by atoms with Crippen molar-refractivity contribution in [1.29, 1.82) is 0 Å². The minimum atomic E-state index is -0.0526. The number of rotatable bonds is 3. The van der Waals surface area contributed by atoms with Crippen molar-refractivity contribution >= 4 is 64.9 Å². The maximum atomic E-state index is 7.27. The van der Waals surface area contributed by atoms with Crippen LogP contribution in [-0.4, -0.2) is 4.57 Å². The molecule has 0 radical (unpaired) electrons. The van der Waals surface area contributed by atoms with Gasteiger partial charge in [0.25, 0.3) is 0 Å². The second kappa shape index (κ2) is 11.7. The lowest BCUT2D eigenvalue weighted by molar-refractivity contribution is 0.467. The van der Waals surface area contributed by atoms with Crippen LogP contribution in [0.5, 0.6) is 11.5 Å². The molecule has 10 aromatic carbocycles. The molecule has 0 amide bonds. The summed E-state index contributed by atoms with van der Waals surface area (Å²) in [5.74, 6) is 1.86. The summed E-state index contributed by atoms with van der Waals surface area (Å²) in [5, 5.41) is 12.2. The summed E-state index contributed by atoms with van der Waals surface area (Å²) < 4.78 is 9.65. The van der Waals surface area contributed by atoms with Gasteiger partial charge in [0.05, 0.1) is 11.0 Å². The highest BCUT2D eigenvalue weighted by molar-refractivity contribution is 6.17. The average molecular weight is 700 g/mol.